The molecule has 102 valence electrons. The molecule has 18 heavy (non-hydrogen) atoms. The van der Waals surface area contributed by atoms with Crippen molar-refractivity contribution in [1.82, 2.24) is 5.32 Å². The molecule has 0 unspecified atom stereocenters. The van der Waals surface area contributed by atoms with Crippen LogP contribution in [-0.4, -0.2) is 31.0 Å². The second-order valence-electron chi connectivity index (χ2n) is 4.83. The Kier molecular flexibility index (Phi) is 6.09. The van der Waals surface area contributed by atoms with Gasteiger partial charge in [-0.2, -0.15) is 0 Å². The fourth-order valence-electron chi connectivity index (χ4n) is 1.65. The predicted octanol–water partition coefficient (Wildman–Crippen LogP) is 2.56. The van der Waals surface area contributed by atoms with Gasteiger partial charge in [0.05, 0.1) is 12.7 Å². The average molecular weight is 272 g/mol. The summed E-state index contributed by atoms with van der Waals surface area (Å²) in [6, 6.07) is 7.72. The molecule has 0 saturated carbocycles. The molecule has 4 heteroatoms. The molecule has 0 spiro atoms. The van der Waals surface area contributed by atoms with Crippen LogP contribution in [0.3, 0.4) is 0 Å². The molecule has 2 N–H and O–H groups in total. The van der Waals surface area contributed by atoms with Crippen molar-refractivity contribution in [3.8, 4) is 0 Å². The maximum Gasteiger partial charge on any atom is 0.0897 e. The average Bonchev–Trinajstić information content (AvgIpc) is 2.34. The number of hydrogen-bond acceptors (Lipinski definition) is 3. The van der Waals surface area contributed by atoms with E-state index >= 15 is 0 Å². The van der Waals surface area contributed by atoms with Crippen LogP contribution in [0, 0.1) is 0 Å². The number of aliphatic hydroxyl groups excluding tert-OH is 1. The van der Waals surface area contributed by atoms with Crippen molar-refractivity contribution in [3.05, 3.63) is 34.9 Å². The van der Waals surface area contributed by atoms with Crippen molar-refractivity contribution in [3.63, 3.8) is 0 Å². The van der Waals surface area contributed by atoms with Crippen LogP contribution in [0.5, 0.6) is 0 Å². The third-order valence-corrected chi connectivity index (χ3v) is 3.11. The SMILES string of the molecule is CCOC[C@@H](O)CNC(C)(C)c1ccc(Cl)cc1. The van der Waals surface area contributed by atoms with Gasteiger partial charge < -0.3 is 15.2 Å². The normalized spacial score (nSPS) is 13.6. The lowest BCUT2D eigenvalue weighted by molar-refractivity contribution is 0.0390. The minimum absolute atomic E-state index is 0.211. The Morgan fingerprint density at radius 2 is 1.94 bits per heavy atom. The molecule has 0 fully saturated rings. The Morgan fingerprint density at radius 1 is 1.33 bits per heavy atom. The van der Waals surface area contributed by atoms with E-state index in [1.807, 2.05) is 31.2 Å². The summed E-state index contributed by atoms with van der Waals surface area (Å²) in [5.74, 6) is 0. The topological polar surface area (TPSA) is 41.5 Å². The van der Waals surface area contributed by atoms with Crippen LogP contribution >= 0.6 is 11.6 Å². The molecule has 0 aliphatic rings. The van der Waals surface area contributed by atoms with E-state index in [2.05, 4.69) is 19.2 Å². The molecule has 1 aromatic carbocycles. The first kappa shape index (κ1) is 15.4. The van der Waals surface area contributed by atoms with Gasteiger partial charge in [0.25, 0.3) is 0 Å². The molecule has 1 rings (SSSR count). The Balaban J connectivity index is 2.51. The Hall–Kier alpha value is -0.610. The molecular formula is C14H22ClNO2. The zero-order valence-corrected chi connectivity index (χ0v) is 12.0. The van der Waals surface area contributed by atoms with Gasteiger partial charge in [0.15, 0.2) is 0 Å². The zero-order valence-electron chi connectivity index (χ0n) is 11.2. The molecule has 0 bridgehead atoms. The van der Waals surface area contributed by atoms with Crippen molar-refractivity contribution >= 4 is 11.6 Å². The highest BCUT2D eigenvalue weighted by Gasteiger charge is 2.20. The van der Waals surface area contributed by atoms with Crippen molar-refractivity contribution in [2.45, 2.75) is 32.4 Å². The number of hydrogen-bond donors (Lipinski definition) is 2. The second-order valence-corrected chi connectivity index (χ2v) is 5.26. The Bertz CT molecular complexity index is 351. The van der Waals surface area contributed by atoms with Crippen LogP contribution in [0.25, 0.3) is 0 Å². The van der Waals surface area contributed by atoms with Gasteiger partial charge in [-0.25, -0.2) is 0 Å². The maximum atomic E-state index is 9.73. The summed E-state index contributed by atoms with van der Waals surface area (Å²) in [6.07, 6.45) is -0.489. The van der Waals surface area contributed by atoms with E-state index in [9.17, 15) is 5.11 Å². The van der Waals surface area contributed by atoms with Gasteiger partial charge in [-0.05, 0) is 38.5 Å². The van der Waals surface area contributed by atoms with Crippen molar-refractivity contribution in [1.29, 1.82) is 0 Å². The summed E-state index contributed by atoms with van der Waals surface area (Å²) in [5, 5.41) is 13.8. The summed E-state index contributed by atoms with van der Waals surface area (Å²) in [7, 11) is 0. The first-order valence-electron chi connectivity index (χ1n) is 6.22. The minimum Gasteiger partial charge on any atom is -0.389 e. The first-order chi connectivity index (χ1) is 8.45. The Labute approximate surface area is 114 Å². The third-order valence-electron chi connectivity index (χ3n) is 2.86. The number of nitrogens with one attached hydrogen (secondary N) is 1. The second kappa shape index (κ2) is 7.10. The quantitative estimate of drug-likeness (QED) is 0.801. The molecule has 1 aromatic rings. The van der Waals surface area contributed by atoms with Crippen molar-refractivity contribution in [2.24, 2.45) is 0 Å². The van der Waals surface area contributed by atoms with Crippen LogP contribution in [0.15, 0.2) is 24.3 Å². The Morgan fingerprint density at radius 3 is 2.50 bits per heavy atom. The summed E-state index contributed by atoms with van der Waals surface area (Å²) in [4.78, 5) is 0. The molecule has 0 radical (unpaired) electrons. The standard InChI is InChI=1S/C14H22ClNO2/c1-4-18-10-13(17)9-16-14(2,3)11-5-7-12(15)8-6-11/h5-8,13,16-17H,4,9-10H2,1-3H3/t13-/m0/s1. The lowest BCUT2D eigenvalue weighted by atomic mass is 9.94. The predicted molar refractivity (Wildman–Crippen MR) is 75.0 cm³/mol. The smallest absolute Gasteiger partial charge is 0.0897 e. The highest BCUT2D eigenvalue weighted by Crippen LogP contribution is 2.21. The van der Waals surface area contributed by atoms with E-state index in [0.29, 0.717) is 19.8 Å². The van der Waals surface area contributed by atoms with E-state index in [4.69, 9.17) is 16.3 Å². The van der Waals surface area contributed by atoms with Crippen molar-refractivity contribution in [2.75, 3.05) is 19.8 Å². The highest BCUT2D eigenvalue weighted by molar-refractivity contribution is 6.30. The van der Waals surface area contributed by atoms with Gasteiger partial charge in [-0.3, -0.25) is 0 Å². The highest BCUT2D eigenvalue weighted by atomic mass is 35.5. The molecule has 0 aliphatic heterocycles. The van der Waals surface area contributed by atoms with E-state index in [-0.39, 0.29) is 5.54 Å². The summed E-state index contributed by atoms with van der Waals surface area (Å²) < 4.78 is 5.17. The van der Waals surface area contributed by atoms with Crippen LogP contribution in [0.1, 0.15) is 26.3 Å². The molecule has 0 amide bonds. The van der Waals surface area contributed by atoms with Gasteiger partial charge in [-0.1, -0.05) is 23.7 Å². The molecule has 0 saturated heterocycles. The number of aliphatic hydroxyl groups is 1. The lowest BCUT2D eigenvalue weighted by Crippen LogP contribution is -2.42. The van der Waals surface area contributed by atoms with Crippen LogP contribution in [0.2, 0.25) is 5.02 Å². The van der Waals surface area contributed by atoms with Crippen LogP contribution in [0.4, 0.5) is 0 Å². The summed E-state index contributed by atoms with van der Waals surface area (Å²) in [5.41, 5.74) is 0.924. The molecule has 0 heterocycles. The monoisotopic (exact) mass is 271 g/mol. The van der Waals surface area contributed by atoms with E-state index in [0.717, 1.165) is 10.6 Å². The van der Waals surface area contributed by atoms with Crippen LogP contribution in [-0.2, 0) is 10.3 Å². The minimum atomic E-state index is -0.489. The number of halogens is 1. The molecule has 0 aliphatic carbocycles. The van der Waals surface area contributed by atoms with Crippen molar-refractivity contribution < 1.29 is 9.84 Å². The van der Waals surface area contributed by atoms with E-state index in [1.165, 1.54) is 0 Å². The van der Waals surface area contributed by atoms with E-state index < -0.39 is 6.10 Å². The van der Waals surface area contributed by atoms with Gasteiger partial charge in [-0.15, -0.1) is 0 Å². The summed E-state index contributed by atoms with van der Waals surface area (Å²) in [6.45, 7) is 7.54. The number of rotatable bonds is 7. The number of benzene rings is 1. The van der Waals surface area contributed by atoms with Gasteiger partial charge in [0.1, 0.15) is 0 Å². The number of ether oxygens (including phenoxy) is 1. The summed E-state index contributed by atoms with van der Waals surface area (Å²) >= 11 is 5.87. The molecule has 1 atom stereocenters. The van der Waals surface area contributed by atoms with E-state index in [1.54, 1.807) is 0 Å². The molecule has 3 nitrogen and oxygen atoms in total. The lowest BCUT2D eigenvalue weighted by Gasteiger charge is -2.28. The first-order valence-corrected chi connectivity index (χ1v) is 6.60. The fraction of sp³-hybridized carbons (Fsp3) is 0.571. The van der Waals surface area contributed by atoms with Gasteiger partial charge in [0, 0.05) is 23.7 Å². The maximum absolute atomic E-state index is 9.73. The fourth-order valence-corrected chi connectivity index (χ4v) is 1.78. The molecular weight excluding hydrogens is 250 g/mol. The zero-order chi connectivity index (χ0) is 13.6. The van der Waals surface area contributed by atoms with Gasteiger partial charge >= 0.3 is 0 Å². The third kappa shape index (κ3) is 4.94. The van der Waals surface area contributed by atoms with Gasteiger partial charge in [0.2, 0.25) is 0 Å². The van der Waals surface area contributed by atoms with Crippen LogP contribution < -0.4 is 5.32 Å². The molecule has 0 aromatic heterocycles. The largest absolute Gasteiger partial charge is 0.389 e.